The Hall–Kier alpha value is -2.44. The van der Waals surface area contributed by atoms with E-state index in [-0.39, 0.29) is 13.0 Å². The number of hydrogen-bond donors (Lipinski definition) is 1. The van der Waals surface area contributed by atoms with Gasteiger partial charge < -0.3 is 19.3 Å². The molecule has 138 valence electrons. The highest BCUT2D eigenvalue weighted by molar-refractivity contribution is 5.81. The Kier molecular flexibility index (Phi) is 5.45. The van der Waals surface area contributed by atoms with Crippen molar-refractivity contribution in [3.63, 3.8) is 0 Å². The van der Waals surface area contributed by atoms with Crippen LogP contribution in [-0.4, -0.2) is 53.5 Å². The maximum Gasteiger partial charge on any atom is 0.411 e. The monoisotopic (exact) mass is 351 g/mol. The second-order valence-corrected chi connectivity index (χ2v) is 7.12. The van der Waals surface area contributed by atoms with Gasteiger partial charge in [0, 0.05) is 6.42 Å². The molecule has 1 aromatic carbocycles. The van der Waals surface area contributed by atoms with Crippen LogP contribution < -0.4 is 9.47 Å². The summed E-state index contributed by atoms with van der Waals surface area (Å²) in [6.45, 7) is 7.29. The number of benzene rings is 1. The van der Waals surface area contributed by atoms with Crippen LogP contribution >= 0.6 is 0 Å². The molecule has 7 nitrogen and oxygen atoms in total. The minimum Gasteiger partial charge on any atom is -0.493 e. The molecular weight excluding hydrogens is 326 g/mol. The maximum absolute atomic E-state index is 12.3. The van der Waals surface area contributed by atoms with E-state index in [1.807, 2.05) is 19.1 Å². The van der Waals surface area contributed by atoms with Gasteiger partial charge in [0.05, 0.1) is 13.7 Å². The van der Waals surface area contributed by atoms with Crippen molar-refractivity contribution in [3.8, 4) is 11.5 Å². The molecule has 1 amide bonds. The van der Waals surface area contributed by atoms with Gasteiger partial charge in [0.2, 0.25) is 0 Å². The van der Waals surface area contributed by atoms with E-state index in [0.29, 0.717) is 11.5 Å². The largest absolute Gasteiger partial charge is 0.493 e. The molecule has 0 radical (unpaired) electrons. The maximum atomic E-state index is 12.3. The number of carboxylic acids is 1. The van der Waals surface area contributed by atoms with Gasteiger partial charge in [-0.25, -0.2) is 9.59 Å². The van der Waals surface area contributed by atoms with Crippen molar-refractivity contribution in [1.82, 2.24) is 4.90 Å². The number of ether oxygens (including phenoxy) is 3. The lowest BCUT2D eigenvalue weighted by atomic mass is 10.2. The number of aliphatic carboxylic acids is 1. The van der Waals surface area contributed by atoms with E-state index in [1.54, 1.807) is 33.9 Å². The van der Waals surface area contributed by atoms with E-state index >= 15 is 0 Å². The molecule has 1 fully saturated rings. The standard InChI is InChI=1S/C18H25NO6/c1-11-6-7-14(15(8-11)23-5)24-12-9-13(16(20)21)19(10-12)17(22)25-18(2,3)4/h6-8,12-13H,9-10H2,1-5H3,(H,20,21). The quantitative estimate of drug-likeness (QED) is 0.898. The van der Waals surface area contributed by atoms with E-state index < -0.39 is 29.8 Å². The summed E-state index contributed by atoms with van der Waals surface area (Å²) in [6, 6.07) is 4.52. The lowest BCUT2D eigenvalue weighted by Crippen LogP contribution is -2.43. The lowest BCUT2D eigenvalue weighted by molar-refractivity contribution is -0.142. The fourth-order valence-corrected chi connectivity index (χ4v) is 2.69. The summed E-state index contributed by atoms with van der Waals surface area (Å²) in [4.78, 5) is 25.0. The molecule has 0 bridgehead atoms. The highest BCUT2D eigenvalue weighted by Gasteiger charge is 2.42. The van der Waals surface area contributed by atoms with Gasteiger partial charge in [-0.2, -0.15) is 0 Å². The van der Waals surface area contributed by atoms with Crippen molar-refractivity contribution < 1.29 is 28.9 Å². The smallest absolute Gasteiger partial charge is 0.411 e. The summed E-state index contributed by atoms with van der Waals surface area (Å²) in [5.41, 5.74) is 0.327. The van der Waals surface area contributed by atoms with Crippen LogP contribution in [0.15, 0.2) is 18.2 Å². The Morgan fingerprint density at radius 2 is 1.92 bits per heavy atom. The van der Waals surface area contributed by atoms with Crippen molar-refractivity contribution in [3.05, 3.63) is 23.8 Å². The minimum atomic E-state index is -1.08. The molecule has 1 saturated heterocycles. The third kappa shape index (κ3) is 4.78. The number of likely N-dealkylation sites (tertiary alicyclic amines) is 1. The predicted molar refractivity (Wildman–Crippen MR) is 91.1 cm³/mol. The average Bonchev–Trinajstić information content (AvgIpc) is 2.91. The van der Waals surface area contributed by atoms with E-state index in [9.17, 15) is 14.7 Å². The van der Waals surface area contributed by atoms with Crippen molar-refractivity contribution >= 4 is 12.1 Å². The fraction of sp³-hybridized carbons (Fsp3) is 0.556. The van der Waals surface area contributed by atoms with Gasteiger partial charge in [-0.1, -0.05) is 6.07 Å². The zero-order valence-electron chi connectivity index (χ0n) is 15.2. The summed E-state index contributed by atoms with van der Waals surface area (Å²) in [7, 11) is 1.54. The molecule has 1 aromatic rings. The third-order valence-corrected chi connectivity index (χ3v) is 3.79. The summed E-state index contributed by atoms with van der Waals surface area (Å²) in [5, 5.41) is 9.42. The van der Waals surface area contributed by atoms with Gasteiger partial charge in [0.25, 0.3) is 0 Å². The molecule has 25 heavy (non-hydrogen) atoms. The number of aryl methyl sites for hydroxylation is 1. The number of carboxylic acid groups (broad SMARTS) is 1. The molecule has 7 heteroatoms. The second-order valence-electron chi connectivity index (χ2n) is 7.12. The first-order valence-electron chi connectivity index (χ1n) is 8.14. The van der Waals surface area contributed by atoms with Crippen LogP contribution in [0.4, 0.5) is 4.79 Å². The molecule has 1 aliphatic heterocycles. The van der Waals surface area contributed by atoms with Gasteiger partial charge in [0.15, 0.2) is 11.5 Å². The number of hydrogen-bond acceptors (Lipinski definition) is 5. The first-order valence-corrected chi connectivity index (χ1v) is 8.14. The Bertz CT molecular complexity index is 651. The van der Waals surface area contributed by atoms with E-state index in [2.05, 4.69) is 0 Å². The van der Waals surface area contributed by atoms with Crippen LogP contribution in [0.2, 0.25) is 0 Å². The van der Waals surface area contributed by atoms with Crippen LogP contribution in [0.3, 0.4) is 0 Å². The number of carbonyl (C=O) groups excluding carboxylic acids is 1. The normalized spacial score (nSPS) is 20.3. The predicted octanol–water partition coefficient (Wildman–Crippen LogP) is 2.85. The first-order chi connectivity index (χ1) is 11.6. The molecule has 1 N–H and O–H groups in total. The SMILES string of the molecule is COc1cc(C)ccc1OC1CC(C(=O)O)N(C(=O)OC(C)(C)C)C1. The Balaban J connectivity index is 2.14. The first kappa shape index (κ1) is 18.9. The van der Waals surface area contributed by atoms with E-state index in [0.717, 1.165) is 5.56 Å². The molecule has 2 atom stereocenters. The van der Waals surface area contributed by atoms with Gasteiger partial charge in [-0.15, -0.1) is 0 Å². The van der Waals surface area contributed by atoms with E-state index in [4.69, 9.17) is 14.2 Å². The fourth-order valence-electron chi connectivity index (χ4n) is 2.69. The zero-order valence-corrected chi connectivity index (χ0v) is 15.2. The van der Waals surface area contributed by atoms with Gasteiger partial charge in [0.1, 0.15) is 17.7 Å². The third-order valence-electron chi connectivity index (χ3n) is 3.79. The molecule has 2 unspecified atom stereocenters. The van der Waals surface area contributed by atoms with Crippen LogP contribution in [0.25, 0.3) is 0 Å². The molecule has 2 rings (SSSR count). The summed E-state index contributed by atoms with van der Waals surface area (Å²) >= 11 is 0. The summed E-state index contributed by atoms with van der Waals surface area (Å²) in [5.74, 6) is 0.0173. The lowest BCUT2D eigenvalue weighted by Gasteiger charge is -2.26. The van der Waals surface area contributed by atoms with Gasteiger partial charge >= 0.3 is 12.1 Å². The molecule has 1 aliphatic rings. The van der Waals surface area contributed by atoms with Crippen LogP contribution in [-0.2, 0) is 9.53 Å². The van der Waals surface area contributed by atoms with Crippen LogP contribution in [0.5, 0.6) is 11.5 Å². The molecule has 0 saturated carbocycles. The van der Waals surface area contributed by atoms with Crippen molar-refractivity contribution in [1.29, 1.82) is 0 Å². The number of carbonyl (C=O) groups is 2. The Morgan fingerprint density at radius 3 is 2.48 bits per heavy atom. The Morgan fingerprint density at radius 1 is 1.24 bits per heavy atom. The minimum absolute atomic E-state index is 0.142. The molecular formula is C18H25NO6. The number of amides is 1. The van der Waals surface area contributed by atoms with Crippen molar-refractivity contribution in [2.75, 3.05) is 13.7 Å². The van der Waals surface area contributed by atoms with Gasteiger partial charge in [-0.05, 0) is 45.4 Å². The summed E-state index contributed by atoms with van der Waals surface area (Å²) in [6.07, 6.45) is -0.918. The van der Waals surface area contributed by atoms with Crippen LogP contribution in [0.1, 0.15) is 32.8 Å². The molecule has 1 heterocycles. The number of rotatable bonds is 4. The number of nitrogens with zero attached hydrogens (tertiary/aromatic N) is 1. The van der Waals surface area contributed by atoms with Crippen molar-refractivity contribution in [2.24, 2.45) is 0 Å². The van der Waals surface area contributed by atoms with E-state index in [1.165, 1.54) is 4.90 Å². The topological polar surface area (TPSA) is 85.3 Å². The average molecular weight is 351 g/mol. The van der Waals surface area contributed by atoms with Gasteiger partial charge in [-0.3, -0.25) is 4.90 Å². The molecule has 0 aromatic heterocycles. The summed E-state index contributed by atoms with van der Waals surface area (Å²) < 4.78 is 16.5. The second kappa shape index (κ2) is 7.21. The Labute approximate surface area is 147 Å². The number of methoxy groups -OCH3 is 1. The zero-order chi connectivity index (χ0) is 18.8. The molecule has 0 spiro atoms. The highest BCUT2D eigenvalue weighted by Crippen LogP contribution is 2.32. The highest BCUT2D eigenvalue weighted by atomic mass is 16.6. The van der Waals surface area contributed by atoms with Crippen molar-refractivity contribution in [2.45, 2.75) is 51.9 Å². The molecule has 0 aliphatic carbocycles. The van der Waals surface area contributed by atoms with Crippen LogP contribution in [0, 0.1) is 6.92 Å².